The van der Waals surface area contributed by atoms with Gasteiger partial charge < -0.3 is 4.74 Å². The van der Waals surface area contributed by atoms with Gasteiger partial charge in [-0.15, -0.1) is 0 Å². The first-order valence-electron chi connectivity index (χ1n) is 3.10. The first-order chi connectivity index (χ1) is 5.24. The molecule has 0 N–H and O–H groups in total. The average Bonchev–Trinajstić information content (AvgIpc) is 1.95. The van der Waals surface area contributed by atoms with Gasteiger partial charge in [-0.2, -0.15) is 0 Å². The predicted molar refractivity (Wildman–Crippen MR) is 42.9 cm³/mol. The third-order valence-corrected chi connectivity index (χ3v) is 1.56. The fourth-order valence-corrected chi connectivity index (χ4v) is 1.03. The molecule has 0 bridgehead atoms. The summed E-state index contributed by atoms with van der Waals surface area (Å²) < 4.78 is 4.58. The van der Waals surface area contributed by atoms with Gasteiger partial charge in [0.2, 0.25) is 0 Å². The Labute approximate surface area is 69.7 Å². The molecule has 0 aliphatic rings. The quantitative estimate of drug-likeness (QED) is 0.636. The molecule has 0 aliphatic heterocycles. The Morgan fingerprint density at radius 1 is 1.55 bits per heavy atom. The lowest BCUT2D eigenvalue weighted by molar-refractivity contribution is -0.120. The molecule has 0 amide bonds. The Kier molecular flexibility index (Phi) is 2.49. The van der Waals surface area contributed by atoms with Crippen molar-refractivity contribution in [1.29, 1.82) is 0 Å². The second kappa shape index (κ2) is 3.39. The fraction of sp³-hybridized carbons (Fsp3) is 0.125. The molecular weight excluding hydrogens is 164 g/mol. The molecule has 0 aromatic heterocycles. The van der Waals surface area contributed by atoms with Crippen molar-refractivity contribution in [3.8, 4) is 5.75 Å². The Morgan fingerprint density at radius 3 is 2.82 bits per heavy atom. The summed E-state index contributed by atoms with van der Waals surface area (Å²) in [4.78, 5) is 9.93. The summed E-state index contributed by atoms with van der Waals surface area (Å²) in [5, 5.41) is 0.456. The molecule has 0 aliphatic carbocycles. The van der Waals surface area contributed by atoms with Crippen LogP contribution in [-0.2, 0) is 4.79 Å². The topological polar surface area (TPSA) is 26.3 Å². The highest BCUT2D eigenvalue weighted by Crippen LogP contribution is 2.24. The summed E-state index contributed by atoms with van der Waals surface area (Å²) in [6, 6.07) is 5.22. The summed E-state index contributed by atoms with van der Waals surface area (Å²) in [7, 11) is 0. The van der Waals surface area contributed by atoms with Crippen LogP contribution in [0.2, 0.25) is 5.02 Å². The predicted octanol–water partition coefficient (Wildman–Crippen LogP) is 2.18. The van der Waals surface area contributed by atoms with E-state index >= 15 is 0 Å². The van der Waals surface area contributed by atoms with E-state index in [0.717, 1.165) is 5.56 Å². The first kappa shape index (κ1) is 8.08. The summed E-state index contributed by atoms with van der Waals surface area (Å²) >= 11 is 5.72. The van der Waals surface area contributed by atoms with Crippen LogP contribution in [0.4, 0.5) is 0 Å². The molecule has 0 unspecified atom stereocenters. The van der Waals surface area contributed by atoms with Crippen molar-refractivity contribution in [3.63, 3.8) is 0 Å². The molecule has 2 nitrogen and oxygen atoms in total. The van der Waals surface area contributed by atoms with Crippen LogP contribution in [0.25, 0.3) is 0 Å². The molecule has 1 aromatic carbocycles. The van der Waals surface area contributed by atoms with Gasteiger partial charge in [0.1, 0.15) is 5.75 Å². The second-order valence-electron chi connectivity index (χ2n) is 2.15. The number of ether oxygens (including phenoxy) is 1. The summed E-state index contributed by atoms with van der Waals surface area (Å²) in [6.07, 6.45) is 0. The second-order valence-corrected chi connectivity index (χ2v) is 2.56. The van der Waals surface area contributed by atoms with Gasteiger partial charge in [0.25, 0.3) is 6.47 Å². The molecule has 0 saturated heterocycles. The molecule has 0 atom stereocenters. The maximum atomic E-state index is 9.93. The number of halogens is 1. The number of hydrogen-bond acceptors (Lipinski definition) is 2. The molecule has 0 saturated carbocycles. The lowest BCUT2D eigenvalue weighted by Crippen LogP contribution is -1.89. The van der Waals surface area contributed by atoms with Crippen molar-refractivity contribution < 1.29 is 9.53 Å². The summed E-state index contributed by atoms with van der Waals surface area (Å²) in [5.41, 5.74) is 1.04. The monoisotopic (exact) mass is 170 g/mol. The van der Waals surface area contributed by atoms with Gasteiger partial charge in [-0.25, -0.2) is 0 Å². The van der Waals surface area contributed by atoms with Gasteiger partial charge in [0.15, 0.2) is 0 Å². The van der Waals surface area contributed by atoms with Crippen LogP contribution in [0, 0.1) is 6.92 Å². The standard InChI is InChI=1S/C8H7ClO2/c1-6-2-3-8(11-5-10)7(9)4-6/h2-5H,1H3. The molecule has 3 heteroatoms. The summed E-state index contributed by atoms with van der Waals surface area (Å²) in [5.74, 6) is 0.396. The van der Waals surface area contributed by atoms with Crippen LogP contribution in [0.15, 0.2) is 18.2 Å². The minimum Gasteiger partial charge on any atom is -0.427 e. The number of aryl methyl sites for hydroxylation is 1. The Morgan fingerprint density at radius 2 is 2.27 bits per heavy atom. The SMILES string of the molecule is Cc1ccc(OC=O)c(Cl)c1. The van der Waals surface area contributed by atoms with E-state index in [9.17, 15) is 4.79 Å². The van der Waals surface area contributed by atoms with E-state index in [1.165, 1.54) is 0 Å². The molecular formula is C8H7ClO2. The van der Waals surface area contributed by atoms with Crippen LogP contribution >= 0.6 is 11.6 Å². The average molecular weight is 171 g/mol. The number of carbonyl (C=O) groups excluding carboxylic acids is 1. The van der Waals surface area contributed by atoms with Crippen LogP contribution in [-0.4, -0.2) is 6.47 Å². The number of carbonyl (C=O) groups is 1. The van der Waals surface area contributed by atoms with Crippen molar-refractivity contribution in [1.82, 2.24) is 0 Å². The van der Waals surface area contributed by atoms with Crippen molar-refractivity contribution in [2.75, 3.05) is 0 Å². The zero-order chi connectivity index (χ0) is 8.27. The summed E-state index contributed by atoms with van der Waals surface area (Å²) in [6.45, 7) is 2.27. The van der Waals surface area contributed by atoms with E-state index in [2.05, 4.69) is 4.74 Å². The third kappa shape index (κ3) is 1.95. The first-order valence-corrected chi connectivity index (χ1v) is 3.48. The molecule has 0 spiro atoms. The lowest BCUT2D eigenvalue weighted by atomic mass is 10.2. The van der Waals surface area contributed by atoms with E-state index < -0.39 is 0 Å². The van der Waals surface area contributed by atoms with E-state index in [-0.39, 0.29) is 0 Å². The molecule has 0 radical (unpaired) electrons. The van der Waals surface area contributed by atoms with Crippen molar-refractivity contribution in [3.05, 3.63) is 28.8 Å². The molecule has 1 aromatic rings. The Bertz CT molecular complexity index is 271. The van der Waals surface area contributed by atoms with Crippen molar-refractivity contribution in [2.45, 2.75) is 6.92 Å². The minimum absolute atomic E-state index is 0.358. The molecule has 58 valence electrons. The normalized spacial score (nSPS) is 9.27. The molecule has 0 fully saturated rings. The number of rotatable bonds is 2. The smallest absolute Gasteiger partial charge is 0.298 e. The zero-order valence-corrected chi connectivity index (χ0v) is 6.76. The number of benzene rings is 1. The van der Waals surface area contributed by atoms with E-state index in [4.69, 9.17) is 11.6 Å². The maximum absolute atomic E-state index is 9.93. The largest absolute Gasteiger partial charge is 0.427 e. The van der Waals surface area contributed by atoms with Crippen LogP contribution in [0.1, 0.15) is 5.56 Å². The van der Waals surface area contributed by atoms with E-state index in [0.29, 0.717) is 17.2 Å². The fourth-order valence-electron chi connectivity index (χ4n) is 0.753. The van der Waals surface area contributed by atoms with Gasteiger partial charge in [-0.05, 0) is 24.6 Å². The van der Waals surface area contributed by atoms with Crippen LogP contribution in [0.5, 0.6) is 5.75 Å². The number of hydrogen-bond donors (Lipinski definition) is 0. The van der Waals surface area contributed by atoms with Crippen LogP contribution in [0.3, 0.4) is 0 Å². The highest BCUT2D eigenvalue weighted by molar-refractivity contribution is 6.32. The van der Waals surface area contributed by atoms with Gasteiger partial charge in [0.05, 0.1) is 5.02 Å². The molecule has 1 rings (SSSR count). The van der Waals surface area contributed by atoms with Gasteiger partial charge in [-0.1, -0.05) is 17.7 Å². The molecule has 11 heavy (non-hydrogen) atoms. The third-order valence-electron chi connectivity index (χ3n) is 1.26. The Balaban J connectivity index is 2.98. The lowest BCUT2D eigenvalue weighted by Gasteiger charge is -2.00. The maximum Gasteiger partial charge on any atom is 0.298 e. The van der Waals surface area contributed by atoms with E-state index in [1.807, 2.05) is 13.0 Å². The molecule has 0 heterocycles. The van der Waals surface area contributed by atoms with Gasteiger partial charge in [-0.3, -0.25) is 4.79 Å². The van der Waals surface area contributed by atoms with Crippen molar-refractivity contribution in [2.24, 2.45) is 0 Å². The minimum atomic E-state index is 0.358. The van der Waals surface area contributed by atoms with Crippen molar-refractivity contribution >= 4 is 18.1 Å². The van der Waals surface area contributed by atoms with Crippen LogP contribution < -0.4 is 4.74 Å². The highest BCUT2D eigenvalue weighted by Gasteiger charge is 1.99. The zero-order valence-electron chi connectivity index (χ0n) is 6.00. The highest BCUT2D eigenvalue weighted by atomic mass is 35.5. The van der Waals surface area contributed by atoms with Gasteiger partial charge in [0, 0.05) is 0 Å². The Hall–Kier alpha value is -1.02. The van der Waals surface area contributed by atoms with E-state index in [1.54, 1.807) is 12.1 Å². The van der Waals surface area contributed by atoms with Gasteiger partial charge >= 0.3 is 0 Å².